The Hall–Kier alpha value is -2.44. The van der Waals surface area contributed by atoms with Crippen molar-refractivity contribution in [2.45, 2.75) is 44.1 Å². The van der Waals surface area contributed by atoms with E-state index in [2.05, 4.69) is 10.6 Å². The highest BCUT2D eigenvalue weighted by molar-refractivity contribution is 6.07. The maximum absolute atomic E-state index is 12.8. The molecule has 0 bridgehead atoms. The van der Waals surface area contributed by atoms with Crippen molar-refractivity contribution in [2.24, 2.45) is 0 Å². The van der Waals surface area contributed by atoms with Gasteiger partial charge in [0.2, 0.25) is 5.91 Å². The van der Waals surface area contributed by atoms with Gasteiger partial charge in [-0.1, -0.05) is 25.0 Å². The summed E-state index contributed by atoms with van der Waals surface area (Å²) < 4.78 is 12.8. The van der Waals surface area contributed by atoms with Gasteiger partial charge in [0.1, 0.15) is 11.4 Å². The van der Waals surface area contributed by atoms with E-state index in [0.717, 1.165) is 23.3 Å². The van der Waals surface area contributed by atoms with Crippen LogP contribution in [0, 0.1) is 5.82 Å². The van der Waals surface area contributed by atoms with E-state index in [9.17, 15) is 18.8 Å². The SMILES string of the molecule is O=C(CCN1C(=O)NC2(CCCC2)C1=O)NCCc1ccc(F)cc1. The monoisotopic (exact) mass is 347 g/mol. The minimum atomic E-state index is -0.726. The third-order valence-electron chi connectivity index (χ3n) is 4.91. The molecule has 3 rings (SSSR count). The second-order valence-corrected chi connectivity index (χ2v) is 6.65. The number of rotatable bonds is 6. The number of carbonyl (C=O) groups is 3. The van der Waals surface area contributed by atoms with Gasteiger partial charge in [-0.25, -0.2) is 9.18 Å². The van der Waals surface area contributed by atoms with Crippen LogP contribution in [0.15, 0.2) is 24.3 Å². The normalized spacial score (nSPS) is 18.7. The summed E-state index contributed by atoms with van der Waals surface area (Å²) in [4.78, 5) is 37.6. The van der Waals surface area contributed by atoms with Crippen LogP contribution in [0.2, 0.25) is 0 Å². The number of hydrogen-bond acceptors (Lipinski definition) is 3. The Labute approximate surface area is 145 Å². The molecule has 6 nitrogen and oxygen atoms in total. The quantitative estimate of drug-likeness (QED) is 0.770. The predicted molar refractivity (Wildman–Crippen MR) is 89.2 cm³/mol. The highest BCUT2D eigenvalue weighted by Crippen LogP contribution is 2.34. The Kier molecular flexibility index (Phi) is 5.01. The molecule has 2 N–H and O–H groups in total. The Morgan fingerprint density at radius 1 is 1.20 bits per heavy atom. The molecule has 1 spiro atoms. The molecule has 1 aliphatic heterocycles. The second-order valence-electron chi connectivity index (χ2n) is 6.65. The largest absolute Gasteiger partial charge is 0.356 e. The fraction of sp³-hybridized carbons (Fsp3) is 0.500. The van der Waals surface area contributed by atoms with Crippen LogP contribution in [0.4, 0.5) is 9.18 Å². The summed E-state index contributed by atoms with van der Waals surface area (Å²) in [6.45, 7) is 0.517. The maximum Gasteiger partial charge on any atom is 0.325 e. The molecule has 4 amide bonds. The van der Waals surface area contributed by atoms with E-state index >= 15 is 0 Å². The Bertz CT molecular complexity index is 669. The number of nitrogens with one attached hydrogen (secondary N) is 2. The van der Waals surface area contributed by atoms with Gasteiger partial charge in [0, 0.05) is 19.5 Å². The lowest BCUT2D eigenvalue weighted by Gasteiger charge is -2.19. The predicted octanol–water partition coefficient (Wildman–Crippen LogP) is 1.74. The third-order valence-corrected chi connectivity index (χ3v) is 4.91. The van der Waals surface area contributed by atoms with Gasteiger partial charge < -0.3 is 10.6 Å². The zero-order valence-electron chi connectivity index (χ0n) is 14.0. The summed E-state index contributed by atoms with van der Waals surface area (Å²) in [7, 11) is 0. The third kappa shape index (κ3) is 3.81. The van der Waals surface area contributed by atoms with Crippen LogP contribution < -0.4 is 10.6 Å². The van der Waals surface area contributed by atoms with Crippen LogP contribution >= 0.6 is 0 Å². The van der Waals surface area contributed by atoms with E-state index in [-0.39, 0.29) is 30.6 Å². The first-order valence-corrected chi connectivity index (χ1v) is 8.65. The second kappa shape index (κ2) is 7.21. The molecule has 1 heterocycles. The number of benzene rings is 1. The summed E-state index contributed by atoms with van der Waals surface area (Å²) in [6, 6.07) is 5.72. The fourth-order valence-electron chi connectivity index (χ4n) is 3.50. The lowest BCUT2D eigenvalue weighted by atomic mass is 9.98. The number of amides is 4. The van der Waals surface area contributed by atoms with Crippen molar-refractivity contribution in [1.29, 1.82) is 0 Å². The van der Waals surface area contributed by atoms with Gasteiger partial charge in [-0.2, -0.15) is 0 Å². The van der Waals surface area contributed by atoms with Crippen molar-refractivity contribution in [3.05, 3.63) is 35.6 Å². The van der Waals surface area contributed by atoms with Crippen LogP contribution in [0.5, 0.6) is 0 Å². The van der Waals surface area contributed by atoms with Crippen LogP contribution in [0.25, 0.3) is 0 Å². The van der Waals surface area contributed by atoms with Gasteiger partial charge in [0.15, 0.2) is 0 Å². The lowest BCUT2D eigenvalue weighted by Crippen LogP contribution is -2.44. The number of carbonyl (C=O) groups excluding carboxylic acids is 3. The highest BCUT2D eigenvalue weighted by atomic mass is 19.1. The van der Waals surface area contributed by atoms with Crippen molar-refractivity contribution in [1.82, 2.24) is 15.5 Å². The highest BCUT2D eigenvalue weighted by Gasteiger charge is 2.52. The molecule has 25 heavy (non-hydrogen) atoms. The van der Waals surface area contributed by atoms with E-state index in [0.29, 0.717) is 25.8 Å². The Morgan fingerprint density at radius 2 is 1.88 bits per heavy atom. The molecule has 0 aromatic heterocycles. The molecular weight excluding hydrogens is 325 g/mol. The standard InChI is InChI=1S/C18H22FN3O3/c19-14-5-3-13(4-6-14)7-11-20-15(23)8-12-22-16(24)18(21-17(22)25)9-1-2-10-18/h3-6H,1-2,7-12H2,(H,20,23)(H,21,25). The van der Waals surface area contributed by atoms with E-state index in [4.69, 9.17) is 0 Å². The van der Waals surface area contributed by atoms with Crippen molar-refractivity contribution >= 4 is 17.8 Å². The summed E-state index contributed by atoms with van der Waals surface area (Å²) in [5.41, 5.74) is 0.204. The molecule has 1 aromatic carbocycles. The average Bonchev–Trinajstić information content (AvgIpc) is 3.14. The Balaban J connectivity index is 1.42. The van der Waals surface area contributed by atoms with Gasteiger partial charge in [-0.05, 0) is 37.0 Å². The van der Waals surface area contributed by atoms with Crippen molar-refractivity contribution in [3.8, 4) is 0 Å². The van der Waals surface area contributed by atoms with E-state index in [1.165, 1.54) is 12.1 Å². The molecule has 0 unspecified atom stereocenters. The minimum absolute atomic E-state index is 0.0820. The molecule has 0 radical (unpaired) electrons. The first kappa shape index (κ1) is 17.4. The van der Waals surface area contributed by atoms with Crippen LogP contribution in [-0.2, 0) is 16.0 Å². The summed E-state index contributed by atoms with van der Waals surface area (Å²) in [6.07, 6.45) is 3.90. The summed E-state index contributed by atoms with van der Waals surface area (Å²) in [5.74, 6) is -0.703. The van der Waals surface area contributed by atoms with Crippen molar-refractivity contribution in [2.75, 3.05) is 13.1 Å². The van der Waals surface area contributed by atoms with E-state index in [1.54, 1.807) is 12.1 Å². The number of urea groups is 1. The lowest BCUT2D eigenvalue weighted by molar-refractivity contribution is -0.131. The van der Waals surface area contributed by atoms with Gasteiger partial charge >= 0.3 is 6.03 Å². The van der Waals surface area contributed by atoms with Gasteiger partial charge in [0.05, 0.1) is 0 Å². The molecule has 134 valence electrons. The molecule has 2 fully saturated rings. The van der Waals surface area contributed by atoms with Crippen LogP contribution in [0.3, 0.4) is 0 Å². The van der Waals surface area contributed by atoms with Gasteiger partial charge in [-0.3, -0.25) is 14.5 Å². The minimum Gasteiger partial charge on any atom is -0.356 e. The molecule has 0 atom stereocenters. The topological polar surface area (TPSA) is 78.5 Å². The summed E-state index contributed by atoms with van der Waals surface area (Å²) in [5, 5.41) is 5.56. The van der Waals surface area contributed by atoms with E-state index in [1.807, 2.05) is 0 Å². The van der Waals surface area contributed by atoms with Gasteiger partial charge in [-0.15, -0.1) is 0 Å². The number of nitrogens with zero attached hydrogens (tertiary/aromatic N) is 1. The zero-order chi connectivity index (χ0) is 17.9. The average molecular weight is 347 g/mol. The number of hydrogen-bond donors (Lipinski definition) is 2. The molecule has 2 aliphatic rings. The molecule has 7 heteroatoms. The zero-order valence-corrected chi connectivity index (χ0v) is 14.0. The molecule has 1 saturated carbocycles. The first-order valence-electron chi connectivity index (χ1n) is 8.65. The van der Waals surface area contributed by atoms with E-state index < -0.39 is 11.6 Å². The smallest absolute Gasteiger partial charge is 0.325 e. The fourth-order valence-corrected chi connectivity index (χ4v) is 3.50. The molecular formula is C18H22FN3O3. The molecule has 1 saturated heterocycles. The summed E-state index contributed by atoms with van der Waals surface area (Å²) >= 11 is 0. The van der Waals surface area contributed by atoms with Crippen molar-refractivity contribution in [3.63, 3.8) is 0 Å². The Morgan fingerprint density at radius 3 is 2.56 bits per heavy atom. The molecule has 1 aromatic rings. The van der Waals surface area contributed by atoms with Crippen LogP contribution in [0.1, 0.15) is 37.7 Å². The number of halogens is 1. The van der Waals surface area contributed by atoms with Gasteiger partial charge in [0.25, 0.3) is 5.91 Å². The first-order chi connectivity index (χ1) is 12.0. The molecule has 1 aliphatic carbocycles. The van der Waals surface area contributed by atoms with Crippen molar-refractivity contribution < 1.29 is 18.8 Å². The maximum atomic E-state index is 12.8. The van der Waals surface area contributed by atoms with Crippen LogP contribution in [-0.4, -0.2) is 41.4 Å². The number of imide groups is 1.